The van der Waals surface area contributed by atoms with Gasteiger partial charge in [0, 0.05) is 31.1 Å². The predicted molar refractivity (Wildman–Crippen MR) is 75.4 cm³/mol. The van der Waals surface area contributed by atoms with Crippen LogP contribution in [0.3, 0.4) is 0 Å². The number of nitrogens with zero attached hydrogens (tertiary/aromatic N) is 1. The number of amides is 1. The molecule has 1 amide bonds. The highest BCUT2D eigenvalue weighted by molar-refractivity contribution is 5.76. The molecule has 1 saturated carbocycles. The first-order valence-electron chi connectivity index (χ1n) is 7.36. The monoisotopic (exact) mass is 255 g/mol. The van der Waals surface area contributed by atoms with Crippen molar-refractivity contribution in [2.24, 2.45) is 5.73 Å². The third kappa shape index (κ3) is 3.95. The Morgan fingerprint density at radius 3 is 2.33 bits per heavy atom. The van der Waals surface area contributed by atoms with Crippen LogP contribution >= 0.6 is 0 Å². The van der Waals surface area contributed by atoms with Crippen LogP contribution in [-0.2, 0) is 4.79 Å². The first-order valence-corrected chi connectivity index (χ1v) is 7.36. The van der Waals surface area contributed by atoms with Gasteiger partial charge in [0.25, 0.3) is 0 Å². The summed E-state index contributed by atoms with van der Waals surface area (Å²) in [5, 5.41) is 3.04. The Kier molecular flexibility index (Phi) is 6.09. The summed E-state index contributed by atoms with van der Waals surface area (Å²) >= 11 is 0. The second kappa shape index (κ2) is 7.10. The Labute approximate surface area is 111 Å². The molecule has 0 radical (unpaired) electrons. The van der Waals surface area contributed by atoms with Crippen LogP contribution in [0.25, 0.3) is 0 Å². The van der Waals surface area contributed by atoms with Gasteiger partial charge in [0.15, 0.2) is 0 Å². The predicted octanol–water partition coefficient (Wildman–Crippen LogP) is 1.49. The van der Waals surface area contributed by atoms with Crippen molar-refractivity contribution < 1.29 is 4.79 Å². The summed E-state index contributed by atoms with van der Waals surface area (Å²) < 4.78 is 0. The minimum atomic E-state index is 0.0641. The quantitative estimate of drug-likeness (QED) is 0.656. The van der Waals surface area contributed by atoms with Crippen molar-refractivity contribution in [1.82, 2.24) is 10.2 Å². The largest absolute Gasteiger partial charge is 0.353 e. The van der Waals surface area contributed by atoms with E-state index in [-0.39, 0.29) is 11.4 Å². The first-order chi connectivity index (χ1) is 8.61. The molecule has 0 bridgehead atoms. The lowest BCUT2D eigenvalue weighted by molar-refractivity contribution is -0.121. The zero-order valence-electron chi connectivity index (χ0n) is 12.2. The number of nitrogens with two attached hydrogens (primary N) is 1. The Hall–Kier alpha value is -0.610. The lowest BCUT2D eigenvalue weighted by atomic mass is 9.90. The number of rotatable bonds is 9. The molecule has 18 heavy (non-hydrogen) atoms. The average Bonchev–Trinajstić information content (AvgIpc) is 3.19. The topological polar surface area (TPSA) is 58.4 Å². The van der Waals surface area contributed by atoms with Gasteiger partial charge in [0.2, 0.25) is 5.91 Å². The number of carbonyl (C=O) groups excluding carboxylic acids is 1. The smallest absolute Gasteiger partial charge is 0.221 e. The van der Waals surface area contributed by atoms with Gasteiger partial charge in [0.05, 0.1) is 0 Å². The molecule has 0 aliphatic heterocycles. The second-order valence-corrected chi connectivity index (χ2v) is 5.31. The van der Waals surface area contributed by atoms with Gasteiger partial charge in [-0.05, 0) is 32.2 Å². The van der Waals surface area contributed by atoms with Crippen LogP contribution in [0.5, 0.6) is 0 Å². The number of nitrogens with one attached hydrogen (secondary N) is 1. The molecule has 3 N–H and O–H groups in total. The lowest BCUT2D eigenvalue weighted by Gasteiger charge is -2.42. The normalized spacial score (nSPS) is 16.1. The van der Waals surface area contributed by atoms with Gasteiger partial charge in [-0.1, -0.05) is 20.8 Å². The molecule has 0 saturated heterocycles. The summed E-state index contributed by atoms with van der Waals surface area (Å²) in [4.78, 5) is 14.1. The number of likely N-dealkylation sites (N-methyl/N-ethyl adjacent to an activating group) is 1. The van der Waals surface area contributed by atoms with Crippen molar-refractivity contribution in [1.29, 1.82) is 0 Å². The van der Waals surface area contributed by atoms with Crippen molar-refractivity contribution >= 4 is 5.91 Å². The third-order valence-corrected chi connectivity index (χ3v) is 4.30. The molecular weight excluding hydrogens is 226 g/mol. The van der Waals surface area contributed by atoms with Gasteiger partial charge in [-0.15, -0.1) is 0 Å². The molecule has 0 aromatic carbocycles. The molecule has 0 aromatic rings. The second-order valence-electron chi connectivity index (χ2n) is 5.31. The molecule has 0 unspecified atom stereocenters. The van der Waals surface area contributed by atoms with Crippen LogP contribution < -0.4 is 11.1 Å². The van der Waals surface area contributed by atoms with Crippen LogP contribution in [0.15, 0.2) is 0 Å². The maximum absolute atomic E-state index is 11.7. The third-order valence-electron chi connectivity index (χ3n) is 4.30. The van der Waals surface area contributed by atoms with Gasteiger partial charge >= 0.3 is 0 Å². The fourth-order valence-corrected chi connectivity index (χ4v) is 2.61. The highest BCUT2D eigenvalue weighted by Crippen LogP contribution is 2.23. The van der Waals surface area contributed by atoms with Gasteiger partial charge in [-0.3, -0.25) is 9.69 Å². The van der Waals surface area contributed by atoms with Gasteiger partial charge in [0.1, 0.15) is 0 Å². The SMILES string of the molecule is CCN(CCC(=O)NC1CC1)C(CC)(CC)CN. The number of carbonyl (C=O) groups is 1. The van der Waals surface area contributed by atoms with Crippen LogP contribution in [0.4, 0.5) is 0 Å². The Bertz CT molecular complexity index is 252. The van der Waals surface area contributed by atoms with E-state index in [9.17, 15) is 4.79 Å². The Balaban J connectivity index is 2.45. The van der Waals surface area contributed by atoms with Crippen LogP contribution in [0, 0.1) is 0 Å². The molecule has 0 atom stereocenters. The van der Waals surface area contributed by atoms with E-state index >= 15 is 0 Å². The van der Waals surface area contributed by atoms with E-state index in [0.29, 0.717) is 19.0 Å². The van der Waals surface area contributed by atoms with Gasteiger partial charge in [-0.2, -0.15) is 0 Å². The van der Waals surface area contributed by atoms with E-state index in [0.717, 1.165) is 38.8 Å². The fourth-order valence-electron chi connectivity index (χ4n) is 2.61. The maximum atomic E-state index is 11.7. The van der Waals surface area contributed by atoms with E-state index < -0.39 is 0 Å². The van der Waals surface area contributed by atoms with Crippen molar-refractivity contribution in [3.63, 3.8) is 0 Å². The molecule has 106 valence electrons. The van der Waals surface area contributed by atoms with E-state index in [2.05, 4.69) is 31.0 Å². The minimum absolute atomic E-state index is 0.0641. The zero-order valence-corrected chi connectivity index (χ0v) is 12.2. The maximum Gasteiger partial charge on any atom is 0.221 e. The van der Waals surface area contributed by atoms with E-state index in [1.165, 1.54) is 0 Å². The molecule has 0 heterocycles. The summed E-state index contributed by atoms with van der Waals surface area (Å²) in [6.07, 6.45) is 4.97. The number of hydrogen-bond acceptors (Lipinski definition) is 3. The summed E-state index contributed by atoms with van der Waals surface area (Å²) in [5.41, 5.74) is 6.02. The van der Waals surface area contributed by atoms with Gasteiger partial charge in [-0.25, -0.2) is 0 Å². The number of hydrogen-bond donors (Lipinski definition) is 2. The Morgan fingerprint density at radius 2 is 1.94 bits per heavy atom. The summed E-state index contributed by atoms with van der Waals surface area (Å²) in [5.74, 6) is 0.189. The summed E-state index contributed by atoms with van der Waals surface area (Å²) in [7, 11) is 0. The minimum Gasteiger partial charge on any atom is -0.353 e. The molecule has 1 aliphatic rings. The van der Waals surface area contributed by atoms with E-state index in [4.69, 9.17) is 5.73 Å². The Morgan fingerprint density at radius 1 is 1.33 bits per heavy atom. The average molecular weight is 255 g/mol. The molecular formula is C14H29N3O. The van der Waals surface area contributed by atoms with Crippen LogP contribution in [-0.4, -0.2) is 42.0 Å². The molecule has 4 heteroatoms. The molecule has 1 fully saturated rings. The van der Waals surface area contributed by atoms with Crippen molar-refractivity contribution in [2.75, 3.05) is 19.6 Å². The molecule has 0 spiro atoms. The molecule has 0 aromatic heterocycles. The summed E-state index contributed by atoms with van der Waals surface area (Å²) in [6.45, 7) is 8.95. The van der Waals surface area contributed by atoms with Crippen molar-refractivity contribution in [3.8, 4) is 0 Å². The zero-order chi connectivity index (χ0) is 13.6. The lowest BCUT2D eigenvalue weighted by Crippen LogP contribution is -2.54. The highest BCUT2D eigenvalue weighted by atomic mass is 16.1. The van der Waals surface area contributed by atoms with Crippen LogP contribution in [0.2, 0.25) is 0 Å². The van der Waals surface area contributed by atoms with Crippen LogP contribution in [0.1, 0.15) is 52.9 Å². The standard InChI is InChI=1S/C14H29N3O/c1-4-14(5-2,11-15)17(6-3)10-9-13(18)16-12-7-8-12/h12H,4-11,15H2,1-3H3,(H,16,18). The highest BCUT2D eigenvalue weighted by Gasteiger charge is 2.31. The van der Waals surface area contributed by atoms with Crippen molar-refractivity contribution in [3.05, 3.63) is 0 Å². The summed E-state index contributed by atoms with van der Waals surface area (Å²) in [6, 6.07) is 0.462. The molecule has 4 nitrogen and oxygen atoms in total. The molecule has 1 rings (SSSR count). The fraction of sp³-hybridized carbons (Fsp3) is 0.929. The van der Waals surface area contributed by atoms with E-state index in [1.54, 1.807) is 0 Å². The van der Waals surface area contributed by atoms with Crippen molar-refractivity contribution in [2.45, 2.75) is 64.5 Å². The first kappa shape index (κ1) is 15.4. The molecule has 1 aliphatic carbocycles. The van der Waals surface area contributed by atoms with E-state index in [1.807, 2.05) is 0 Å². The van der Waals surface area contributed by atoms with Gasteiger partial charge < -0.3 is 11.1 Å².